The number of amides is 1. The molecule has 1 saturated heterocycles. The minimum Gasteiger partial charge on any atom is -0.435 e. The van der Waals surface area contributed by atoms with Crippen LogP contribution in [-0.4, -0.2) is 38.8 Å². The molecular formula is C21H23F4N3O3. The van der Waals surface area contributed by atoms with E-state index in [4.69, 9.17) is 0 Å². The Kier molecular flexibility index (Phi) is 7.80. The summed E-state index contributed by atoms with van der Waals surface area (Å²) < 4.78 is 58.4. The smallest absolute Gasteiger partial charge is 0.387 e. The number of hydrogen-bond acceptors (Lipinski definition) is 5. The molecule has 0 aromatic heterocycles. The Hall–Kier alpha value is -3.17. The number of alkyl halides is 4. The lowest BCUT2D eigenvalue weighted by Crippen LogP contribution is -2.29. The van der Waals surface area contributed by atoms with E-state index in [1.807, 2.05) is 12.1 Å². The average molecular weight is 441 g/mol. The monoisotopic (exact) mass is 441 g/mol. The van der Waals surface area contributed by atoms with Crippen LogP contribution in [0.1, 0.15) is 19.3 Å². The predicted molar refractivity (Wildman–Crippen MR) is 109 cm³/mol. The van der Waals surface area contributed by atoms with Crippen LogP contribution in [0.3, 0.4) is 0 Å². The van der Waals surface area contributed by atoms with Crippen molar-refractivity contribution >= 4 is 23.0 Å². The van der Waals surface area contributed by atoms with E-state index in [2.05, 4.69) is 25.0 Å². The van der Waals surface area contributed by atoms with Crippen LogP contribution in [0.15, 0.2) is 42.5 Å². The zero-order chi connectivity index (χ0) is 22.2. The van der Waals surface area contributed by atoms with E-state index in [9.17, 15) is 22.4 Å². The highest BCUT2D eigenvalue weighted by molar-refractivity contribution is 5.94. The van der Waals surface area contributed by atoms with Gasteiger partial charge in [0.2, 0.25) is 5.91 Å². The molecule has 10 heteroatoms. The number of piperidine rings is 1. The number of halogens is 4. The third kappa shape index (κ3) is 6.94. The number of ether oxygens (including phenoxy) is 2. The molecule has 0 radical (unpaired) electrons. The molecule has 0 aliphatic carbocycles. The number of hydrogen-bond donors (Lipinski definition) is 2. The van der Waals surface area contributed by atoms with Crippen molar-refractivity contribution in [2.45, 2.75) is 32.5 Å². The Bertz CT molecular complexity index is 859. The van der Waals surface area contributed by atoms with Crippen molar-refractivity contribution in [3.05, 3.63) is 42.5 Å². The van der Waals surface area contributed by atoms with Crippen LogP contribution >= 0.6 is 0 Å². The molecule has 0 spiro atoms. The van der Waals surface area contributed by atoms with Crippen molar-refractivity contribution in [2.75, 3.05) is 35.2 Å². The molecule has 0 saturated carbocycles. The summed E-state index contributed by atoms with van der Waals surface area (Å²) in [4.78, 5) is 14.5. The van der Waals surface area contributed by atoms with Gasteiger partial charge in [0.1, 0.15) is 5.75 Å². The molecule has 1 fully saturated rings. The number of carbonyl (C=O) groups is 1. The lowest BCUT2D eigenvalue weighted by atomic mass is 10.1. The Labute approximate surface area is 177 Å². The summed E-state index contributed by atoms with van der Waals surface area (Å²) in [6.07, 6.45) is 3.57. The van der Waals surface area contributed by atoms with Gasteiger partial charge in [-0.3, -0.25) is 4.79 Å². The molecule has 0 unspecified atom stereocenters. The number of nitrogens with one attached hydrogen (secondary N) is 2. The van der Waals surface area contributed by atoms with E-state index in [1.165, 1.54) is 12.5 Å². The maximum Gasteiger partial charge on any atom is 0.387 e. The molecule has 6 nitrogen and oxygen atoms in total. The van der Waals surface area contributed by atoms with Gasteiger partial charge >= 0.3 is 13.2 Å². The molecule has 2 aromatic rings. The Balaban J connectivity index is 1.57. The molecule has 2 N–H and O–H groups in total. The SMILES string of the molecule is O=C(CNc1ccc(OC(F)F)cc1OC(F)F)Nc1ccc(N2CCCCC2)cc1. The zero-order valence-corrected chi connectivity index (χ0v) is 16.6. The number of anilines is 3. The average Bonchev–Trinajstić information content (AvgIpc) is 2.73. The maximum absolute atomic E-state index is 12.6. The summed E-state index contributed by atoms with van der Waals surface area (Å²) in [5, 5.41) is 5.37. The second-order valence-corrected chi connectivity index (χ2v) is 6.91. The van der Waals surface area contributed by atoms with E-state index in [0.29, 0.717) is 5.69 Å². The van der Waals surface area contributed by atoms with Gasteiger partial charge in [0.05, 0.1) is 12.2 Å². The number of benzene rings is 2. The van der Waals surface area contributed by atoms with Crippen LogP contribution in [0.25, 0.3) is 0 Å². The van der Waals surface area contributed by atoms with Gasteiger partial charge in [-0.1, -0.05) is 0 Å². The molecule has 3 rings (SSSR count). The van der Waals surface area contributed by atoms with Crippen molar-refractivity contribution in [3.8, 4) is 11.5 Å². The number of rotatable bonds is 9. The van der Waals surface area contributed by atoms with Crippen LogP contribution in [0, 0.1) is 0 Å². The summed E-state index contributed by atoms with van der Waals surface area (Å²) in [7, 11) is 0. The minimum atomic E-state index is -3.17. The van der Waals surface area contributed by atoms with E-state index >= 15 is 0 Å². The van der Waals surface area contributed by atoms with E-state index in [0.717, 1.165) is 43.8 Å². The highest BCUT2D eigenvalue weighted by Crippen LogP contribution is 2.31. The second kappa shape index (κ2) is 10.7. The first-order chi connectivity index (χ1) is 14.9. The topological polar surface area (TPSA) is 62.8 Å². The Morgan fingerprint density at radius 1 is 0.935 bits per heavy atom. The first kappa shape index (κ1) is 22.5. The zero-order valence-electron chi connectivity index (χ0n) is 16.6. The number of carbonyl (C=O) groups excluding carboxylic acids is 1. The molecule has 168 valence electrons. The second-order valence-electron chi connectivity index (χ2n) is 6.91. The van der Waals surface area contributed by atoms with Crippen LogP contribution in [0.5, 0.6) is 11.5 Å². The van der Waals surface area contributed by atoms with E-state index < -0.39 is 24.9 Å². The van der Waals surface area contributed by atoms with Gasteiger partial charge in [-0.25, -0.2) is 0 Å². The fourth-order valence-corrected chi connectivity index (χ4v) is 3.31. The van der Waals surface area contributed by atoms with Crippen molar-refractivity contribution in [3.63, 3.8) is 0 Å². The summed E-state index contributed by atoms with van der Waals surface area (Å²) in [5.41, 5.74) is 1.73. The van der Waals surface area contributed by atoms with Gasteiger partial charge in [-0.2, -0.15) is 17.6 Å². The summed E-state index contributed by atoms with van der Waals surface area (Å²) in [6.45, 7) is -4.50. The lowest BCUT2D eigenvalue weighted by Gasteiger charge is -2.28. The quantitative estimate of drug-likeness (QED) is 0.541. The van der Waals surface area contributed by atoms with E-state index in [1.54, 1.807) is 12.1 Å². The molecule has 1 heterocycles. The van der Waals surface area contributed by atoms with Crippen molar-refractivity contribution in [2.24, 2.45) is 0 Å². The van der Waals surface area contributed by atoms with Crippen LogP contribution in [0.4, 0.5) is 34.6 Å². The summed E-state index contributed by atoms with van der Waals surface area (Å²) in [5.74, 6) is -1.16. The fourth-order valence-electron chi connectivity index (χ4n) is 3.31. The molecular weight excluding hydrogens is 418 g/mol. The highest BCUT2D eigenvalue weighted by atomic mass is 19.3. The summed E-state index contributed by atoms with van der Waals surface area (Å²) in [6, 6.07) is 10.7. The first-order valence-corrected chi connectivity index (χ1v) is 9.83. The van der Waals surface area contributed by atoms with Crippen molar-refractivity contribution in [1.82, 2.24) is 0 Å². The van der Waals surface area contributed by atoms with Gasteiger partial charge < -0.3 is 25.0 Å². The van der Waals surface area contributed by atoms with Crippen LogP contribution < -0.4 is 25.0 Å². The number of nitrogens with zero attached hydrogens (tertiary/aromatic N) is 1. The molecule has 31 heavy (non-hydrogen) atoms. The molecule has 0 bridgehead atoms. The summed E-state index contributed by atoms with van der Waals surface area (Å²) >= 11 is 0. The Morgan fingerprint density at radius 3 is 2.26 bits per heavy atom. The largest absolute Gasteiger partial charge is 0.435 e. The standard InChI is InChI=1S/C21H23F4N3O3/c22-20(23)30-16-8-9-17(18(12-16)31-21(24)25)26-13-19(29)27-14-4-6-15(7-5-14)28-10-2-1-3-11-28/h4-9,12,20-21,26H,1-3,10-11,13H2,(H,27,29). The van der Waals surface area contributed by atoms with Crippen molar-refractivity contribution in [1.29, 1.82) is 0 Å². The predicted octanol–water partition coefficient (Wildman–Crippen LogP) is 4.93. The van der Waals surface area contributed by atoms with Gasteiger partial charge in [-0.05, 0) is 55.7 Å². The molecule has 2 aromatic carbocycles. The first-order valence-electron chi connectivity index (χ1n) is 9.83. The van der Waals surface area contributed by atoms with Gasteiger partial charge in [0.25, 0.3) is 0 Å². The third-order valence-electron chi connectivity index (χ3n) is 4.71. The maximum atomic E-state index is 12.6. The molecule has 1 aliphatic heterocycles. The van der Waals surface area contributed by atoms with E-state index in [-0.39, 0.29) is 18.0 Å². The third-order valence-corrected chi connectivity index (χ3v) is 4.71. The van der Waals surface area contributed by atoms with Gasteiger partial charge in [0.15, 0.2) is 5.75 Å². The van der Waals surface area contributed by atoms with Gasteiger partial charge in [-0.15, -0.1) is 0 Å². The Morgan fingerprint density at radius 2 is 1.61 bits per heavy atom. The molecule has 0 atom stereocenters. The van der Waals surface area contributed by atoms with Crippen LogP contribution in [0.2, 0.25) is 0 Å². The minimum absolute atomic E-state index is 0.0394. The lowest BCUT2D eigenvalue weighted by molar-refractivity contribution is -0.114. The van der Waals surface area contributed by atoms with Crippen molar-refractivity contribution < 1.29 is 31.8 Å². The van der Waals surface area contributed by atoms with Gasteiger partial charge in [0, 0.05) is 30.5 Å². The highest BCUT2D eigenvalue weighted by Gasteiger charge is 2.15. The fraction of sp³-hybridized carbons (Fsp3) is 0.381. The molecule has 1 aliphatic rings. The normalized spacial score (nSPS) is 13.9. The molecule has 1 amide bonds. The van der Waals surface area contributed by atoms with Crippen LogP contribution in [-0.2, 0) is 4.79 Å².